The second-order valence-corrected chi connectivity index (χ2v) is 4.31. The van der Waals surface area contributed by atoms with Gasteiger partial charge < -0.3 is 10.6 Å². The van der Waals surface area contributed by atoms with Gasteiger partial charge in [0.25, 0.3) is 0 Å². The van der Waals surface area contributed by atoms with Gasteiger partial charge in [-0.3, -0.25) is 0 Å². The van der Waals surface area contributed by atoms with Crippen LogP contribution in [-0.4, -0.2) is 17.0 Å². The molecule has 18 heavy (non-hydrogen) atoms. The third-order valence-corrected chi connectivity index (χ3v) is 2.87. The average molecular weight is 242 g/mol. The monoisotopic (exact) mass is 242 g/mol. The fourth-order valence-electron chi connectivity index (χ4n) is 2.00. The summed E-state index contributed by atoms with van der Waals surface area (Å²) in [6.07, 6.45) is 0. The van der Waals surface area contributed by atoms with E-state index in [1.165, 1.54) is 0 Å². The molecule has 1 heterocycles. The molecular formula is C14H18N4. The van der Waals surface area contributed by atoms with Gasteiger partial charge in [-0.2, -0.15) is 0 Å². The Kier molecular flexibility index (Phi) is 3.58. The van der Waals surface area contributed by atoms with Crippen molar-refractivity contribution in [3.63, 3.8) is 0 Å². The van der Waals surface area contributed by atoms with Gasteiger partial charge in [0.2, 0.25) is 0 Å². The topological polar surface area (TPSA) is 55.0 Å². The zero-order valence-electron chi connectivity index (χ0n) is 11.0. The smallest absolute Gasteiger partial charge is 0.136 e. The van der Waals surface area contributed by atoms with Crippen molar-refractivity contribution in [2.75, 3.05) is 11.9 Å². The maximum Gasteiger partial charge on any atom is 0.136 e. The minimum absolute atomic E-state index is 0.517. The lowest BCUT2D eigenvalue weighted by molar-refractivity contribution is 0.971. The summed E-state index contributed by atoms with van der Waals surface area (Å²) in [5.41, 5.74) is 8.92. The van der Waals surface area contributed by atoms with Gasteiger partial charge in [0.05, 0.1) is 0 Å². The van der Waals surface area contributed by atoms with Gasteiger partial charge in [-0.15, -0.1) is 0 Å². The first-order valence-electron chi connectivity index (χ1n) is 5.96. The molecule has 4 heteroatoms. The van der Waals surface area contributed by atoms with E-state index in [0.717, 1.165) is 28.6 Å². The van der Waals surface area contributed by atoms with Crippen LogP contribution in [-0.2, 0) is 6.54 Å². The predicted octanol–water partition coefficient (Wildman–Crippen LogP) is 2.32. The van der Waals surface area contributed by atoms with Crippen LogP contribution in [0.5, 0.6) is 0 Å². The molecule has 0 radical (unpaired) electrons. The first-order valence-corrected chi connectivity index (χ1v) is 5.96. The number of para-hydroxylation sites is 1. The molecule has 2 rings (SSSR count). The molecule has 0 bridgehead atoms. The molecule has 0 aliphatic rings. The first-order chi connectivity index (χ1) is 8.61. The third kappa shape index (κ3) is 2.49. The van der Waals surface area contributed by atoms with Crippen molar-refractivity contribution in [2.45, 2.75) is 20.4 Å². The molecule has 0 aliphatic carbocycles. The van der Waals surface area contributed by atoms with Crippen LogP contribution >= 0.6 is 0 Å². The van der Waals surface area contributed by atoms with E-state index in [-0.39, 0.29) is 0 Å². The molecule has 0 saturated carbocycles. The zero-order valence-corrected chi connectivity index (χ0v) is 11.0. The van der Waals surface area contributed by atoms with Crippen LogP contribution in [0.4, 0.5) is 11.5 Å². The van der Waals surface area contributed by atoms with Crippen molar-refractivity contribution in [1.82, 2.24) is 9.97 Å². The van der Waals surface area contributed by atoms with Crippen LogP contribution in [0.25, 0.3) is 0 Å². The Morgan fingerprint density at radius 1 is 1.17 bits per heavy atom. The van der Waals surface area contributed by atoms with E-state index in [0.29, 0.717) is 6.54 Å². The quantitative estimate of drug-likeness (QED) is 0.897. The van der Waals surface area contributed by atoms with E-state index in [1.807, 2.05) is 50.1 Å². The Morgan fingerprint density at radius 3 is 2.56 bits per heavy atom. The van der Waals surface area contributed by atoms with Gasteiger partial charge in [-0.1, -0.05) is 18.2 Å². The predicted molar refractivity (Wildman–Crippen MR) is 73.9 cm³/mol. The highest BCUT2D eigenvalue weighted by Crippen LogP contribution is 2.25. The first kappa shape index (κ1) is 12.5. The summed E-state index contributed by atoms with van der Waals surface area (Å²) in [5, 5.41) is 0. The number of hydrogen-bond acceptors (Lipinski definition) is 4. The van der Waals surface area contributed by atoms with Crippen LogP contribution in [0.3, 0.4) is 0 Å². The van der Waals surface area contributed by atoms with Crippen molar-refractivity contribution in [2.24, 2.45) is 5.73 Å². The van der Waals surface area contributed by atoms with E-state index in [2.05, 4.69) is 16.0 Å². The summed E-state index contributed by atoms with van der Waals surface area (Å²) in [5.74, 6) is 1.67. The standard InChI is InChI=1S/C14H18N4/c1-10-8-14(17-11(2)16-10)18(3)13-7-5-4-6-12(13)9-15/h4-8H,9,15H2,1-3H3. The minimum Gasteiger partial charge on any atom is -0.329 e. The van der Waals surface area contributed by atoms with Crippen molar-refractivity contribution in [1.29, 1.82) is 0 Å². The van der Waals surface area contributed by atoms with Gasteiger partial charge in [0.1, 0.15) is 11.6 Å². The number of anilines is 2. The van der Waals surface area contributed by atoms with Gasteiger partial charge in [-0.25, -0.2) is 9.97 Å². The lowest BCUT2D eigenvalue weighted by Crippen LogP contribution is -2.15. The van der Waals surface area contributed by atoms with Gasteiger partial charge in [0.15, 0.2) is 0 Å². The maximum atomic E-state index is 5.77. The van der Waals surface area contributed by atoms with Crippen molar-refractivity contribution in [3.8, 4) is 0 Å². The molecule has 0 amide bonds. The second-order valence-electron chi connectivity index (χ2n) is 4.31. The van der Waals surface area contributed by atoms with E-state index in [9.17, 15) is 0 Å². The number of aromatic nitrogens is 2. The summed E-state index contributed by atoms with van der Waals surface area (Å²) in [7, 11) is 2.00. The van der Waals surface area contributed by atoms with Crippen LogP contribution in [0.2, 0.25) is 0 Å². The van der Waals surface area contributed by atoms with Crippen molar-refractivity contribution < 1.29 is 0 Å². The minimum atomic E-state index is 0.517. The molecule has 4 nitrogen and oxygen atoms in total. The lowest BCUT2D eigenvalue weighted by Gasteiger charge is -2.21. The number of aryl methyl sites for hydroxylation is 2. The SMILES string of the molecule is Cc1cc(N(C)c2ccccc2CN)nc(C)n1. The summed E-state index contributed by atoms with van der Waals surface area (Å²) in [4.78, 5) is 10.8. The summed E-state index contributed by atoms with van der Waals surface area (Å²) >= 11 is 0. The molecule has 2 N–H and O–H groups in total. The highest BCUT2D eigenvalue weighted by atomic mass is 15.2. The van der Waals surface area contributed by atoms with Crippen LogP contribution in [0, 0.1) is 13.8 Å². The number of nitrogens with zero attached hydrogens (tertiary/aromatic N) is 3. The zero-order chi connectivity index (χ0) is 13.1. The van der Waals surface area contributed by atoms with E-state index in [4.69, 9.17) is 5.73 Å². The van der Waals surface area contributed by atoms with E-state index >= 15 is 0 Å². The fourth-order valence-corrected chi connectivity index (χ4v) is 2.00. The molecular weight excluding hydrogens is 224 g/mol. The Balaban J connectivity index is 2.44. The Labute approximate surface area is 107 Å². The Morgan fingerprint density at radius 2 is 1.89 bits per heavy atom. The summed E-state index contributed by atoms with van der Waals surface area (Å²) in [6.45, 7) is 4.39. The molecule has 1 aromatic heterocycles. The van der Waals surface area contributed by atoms with Crippen LogP contribution < -0.4 is 10.6 Å². The van der Waals surface area contributed by atoms with Crippen LogP contribution in [0.1, 0.15) is 17.1 Å². The summed E-state index contributed by atoms with van der Waals surface area (Å²) in [6, 6.07) is 10.1. The summed E-state index contributed by atoms with van der Waals surface area (Å²) < 4.78 is 0. The number of rotatable bonds is 3. The molecule has 0 fully saturated rings. The van der Waals surface area contributed by atoms with Crippen molar-refractivity contribution >= 4 is 11.5 Å². The van der Waals surface area contributed by atoms with Crippen molar-refractivity contribution in [3.05, 3.63) is 47.4 Å². The normalized spacial score (nSPS) is 10.4. The number of hydrogen-bond donors (Lipinski definition) is 1. The molecule has 1 aromatic carbocycles. The molecule has 0 spiro atoms. The number of nitrogens with two attached hydrogens (primary N) is 1. The highest BCUT2D eigenvalue weighted by molar-refractivity contribution is 5.63. The molecule has 94 valence electrons. The largest absolute Gasteiger partial charge is 0.329 e. The average Bonchev–Trinajstić information content (AvgIpc) is 2.36. The van der Waals surface area contributed by atoms with E-state index < -0.39 is 0 Å². The second kappa shape index (κ2) is 5.14. The number of benzene rings is 1. The lowest BCUT2D eigenvalue weighted by atomic mass is 10.1. The third-order valence-electron chi connectivity index (χ3n) is 2.87. The van der Waals surface area contributed by atoms with Crippen LogP contribution in [0.15, 0.2) is 30.3 Å². The van der Waals surface area contributed by atoms with E-state index in [1.54, 1.807) is 0 Å². The molecule has 0 atom stereocenters. The fraction of sp³-hybridized carbons (Fsp3) is 0.286. The molecule has 2 aromatic rings. The molecule has 0 aliphatic heterocycles. The molecule has 0 unspecified atom stereocenters. The van der Waals surface area contributed by atoms with Gasteiger partial charge in [-0.05, 0) is 25.5 Å². The Hall–Kier alpha value is -1.94. The van der Waals surface area contributed by atoms with Gasteiger partial charge in [0, 0.05) is 31.0 Å². The van der Waals surface area contributed by atoms with Gasteiger partial charge >= 0.3 is 0 Å². The highest BCUT2D eigenvalue weighted by Gasteiger charge is 2.10. The molecule has 0 saturated heterocycles. The maximum absolute atomic E-state index is 5.77. The Bertz CT molecular complexity index is 531.